The van der Waals surface area contributed by atoms with Gasteiger partial charge in [0.15, 0.2) is 0 Å². The summed E-state index contributed by atoms with van der Waals surface area (Å²) < 4.78 is 19.3. The van der Waals surface area contributed by atoms with Gasteiger partial charge in [-0.25, -0.2) is 14.0 Å². The summed E-state index contributed by atoms with van der Waals surface area (Å²) in [7, 11) is 0. The first-order chi connectivity index (χ1) is 10.7. The molecule has 23 heavy (non-hydrogen) atoms. The fourth-order valence-electron chi connectivity index (χ4n) is 2.90. The minimum atomic E-state index is -1.47. The number of ether oxygens (including phenoxy) is 1. The summed E-state index contributed by atoms with van der Waals surface area (Å²) in [5.74, 6) is -1.60. The molecule has 6 heteroatoms. The number of carboxylic acids is 1. The van der Waals surface area contributed by atoms with Crippen LogP contribution in [0.25, 0.3) is 0 Å². The van der Waals surface area contributed by atoms with Crippen LogP contribution in [0.2, 0.25) is 0 Å². The normalized spacial score (nSPS) is 21.3. The largest absolute Gasteiger partial charge is 0.479 e. The molecule has 1 aromatic carbocycles. The van der Waals surface area contributed by atoms with E-state index in [4.69, 9.17) is 4.74 Å². The number of carbonyl (C=O) groups is 2. The van der Waals surface area contributed by atoms with Crippen LogP contribution in [0.4, 0.5) is 9.18 Å². The molecule has 1 atom stereocenters. The molecule has 0 bridgehead atoms. The van der Waals surface area contributed by atoms with Crippen molar-refractivity contribution in [3.05, 3.63) is 35.6 Å². The van der Waals surface area contributed by atoms with E-state index in [0.29, 0.717) is 6.42 Å². The van der Waals surface area contributed by atoms with Crippen LogP contribution in [0.5, 0.6) is 0 Å². The molecular formula is C17H22FNO4. The third-order valence-corrected chi connectivity index (χ3v) is 3.94. The number of hydrogen-bond acceptors (Lipinski definition) is 3. The highest BCUT2D eigenvalue weighted by Crippen LogP contribution is 2.35. The zero-order valence-electron chi connectivity index (χ0n) is 13.6. The van der Waals surface area contributed by atoms with E-state index >= 15 is 0 Å². The highest BCUT2D eigenvalue weighted by atomic mass is 19.1. The van der Waals surface area contributed by atoms with Crippen LogP contribution in [-0.2, 0) is 16.0 Å². The molecule has 0 unspecified atom stereocenters. The Bertz CT molecular complexity index is 611. The van der Waals surface area contributed by atoms with Gasteiger partial charge in [0.2, 0.25) is 0 Å². The van der Waals surface area contributed by atoms with Crippen LogP contribution in [0.15, 0.2) is 24.3 Å². The topological polar surface area (TPSA) is 66.8 Å². The number of rotatable bonds is 3. The lowest BCUT2D eigenvalue weighted by Gasteiger charge is -2.36. The number of carboxylic acid groups (broad SMARTS) is 1. The van der Waals surface area contributed by atoms with Gasteiger partial charge in [0.05, 0.1) is 0 Å². The van der Waals surface area contributed by atoms with Gasteiger partial charge < -0.3 is 9.84 Å². The zero-order valence-corrected chi connectivity index (χ0v) is 13.6. The second kappa shape index (κ2) is 6.18. The monoisotopic (exact) mass is 323 g/mol. The molecule has 1 saturated heterocycles. The Labute approximate surface area is 135 Å². The van der Waals surface area contributed by atoms with Crippen molar-refractivity contribution in [2.24, 2.45) is 0 Å². The Morgan fingerprint density at radius 2 is 2.00 bits per heavy atom. The molecule has 0 radical (unpaired) electrons. The van der Waals surface area contributed by atoms with E-state index in [9.17, 15) is 19.1 Å². The number of aliphatic carboxylic acids is 1. The molecule has 0 aromatic heterocycles. The molecule has 0 spiro atoms. The average Bonchev–Trinajstić information content (AvgIpc) is 2.84. The number of hydrogen-bond donors (Lipinski definition) is 1. The molecule has 126 valence electrons. The van der Waals surface area contributed by atoms with Gasteiger partial charge in [0, 0.05) is 13.0 Å². The fourth-order valence-corrected chi connectivity index (χ4v) is 2.90. The molecule has 2 rings (SSSR count). The number of nitrogens with zero attached hydrogens (tertiary/aromatic N) is 1. The molecule has 0 aliphatic carbocycles. The van der Waals surface area contributed by atoms with E-state index < -0.39 is 29.0 Å². The third-order valence-electron chi connectivity index (χ3n) is 3.94. The highest BCUT2D eigenvalue weighted by Gasteiger charge is 2.51. The molecule has 5 nitrogen and oxygen atoms in total. The van der Waals surface area contributed by atoms with Crippen LogP contribution >= 0.6 is 0 Å². The van der Waals surface area contributed by atoms with E-state index in [-0.39, 0.29) is 24.9 Å². The van der Waals surface area contributed by atoms with E-state index in [1.165, 1.54) is 11.0 Å². The minimum Gasteiger partial charge on any atom is -0.479 e. The summed E-state index contributed by atoms with van der Waals surface area (Å²) in [6.07, 6.45) is 0.0678. The van der Waals surface area contributed by atoms with Gasteiger partial charge >= 0.3 is 12.1 Å². The summed E-state index contributed by atoms with van der Waals surface area (Å²) in [6.45, 7) is 5.45. The predicted octanol–water partition coefficient (Wildman–Crippen LogP) is 3.22. The summed E-state index contributed by atoms with van der Waals surface area (Å²) in [5.41, 5.74) is -1.91. The maximum absolute atomic E-state index is 13.9. The molecule has 1 aliphatic heterocycles. The van der Waals surface area contributed by atoms with Gasteiger partial charge in [-0.2, -0.15) is 0 Å². The fraction of sp³-hybridized carbons (Fsp3) is 0.529. The first kappa shape index (κ1) is 17.2. The molecule has 1 N–H and O–H groups in total. The van der Waals surface area contributed by atoms with Gasteiger partial charge in [-0.05, 0) is 45.2 Å². The second-order valence-electron chi connectivity index (χ2n) is 6.84. The van der Waals surface area contributed by atoms with E-state index in [1.54, 1.807) is 39.0 Å². The average molecular weight is 323 g/mol. The smallest absolute Gasteiger partial charge is 0.411 e. The van der Waals surface area contributed by atoms with Crippen LogP contribution in [0.3, 0.4) is 0 Å². The number of carbonyl (C=O) groups excluding carboxylic acids is 1. The van der Waals surface area contributed by atoms with Crippen molar-refractivity contribution in [1.29, 1.82) is 0 Å². The van der Waals surface area contributed by atoms with Crippen LogP contribution < -0.4 is 0 Å². The zero-order chi connectivity index (χ0) is 17.3. The summed E-state index contributed by atoms with van der Waals surface area (Å²) >= 11 is 0. The minimum absolute atomic E-state index is 0.0751. The lowest BCUT2D eigenvalue weighted by Crippen LogP contribution is -2.55. The SMILES string of the molecule is CC(C)(C)OC(=O)N1CCC[C@@]1(Cc1ccccc1F)C(=O)O. The van der Waals surface area contributed by atoms with Crippen molar-refractivity contribution < 1.29 is 23.8 Å². The first-order valence-electron chi connectivity index (χ1n) is 7.63. The molecule has 1 aliphatic rings. The Kier molecular flexibility index (Phi) is 4.63. The number of halogens is 1. The van der Waals surface area contributed by atoms with Gasteiger partial charge in [-0.1, -0.05) is 18.2 Å². The standard InChI is InChI=1S/C17H22FNO4/c1-16(2,3)23-15(22)19-10-6-9-17(19,14(20)21)11-12-7-4-5-8-13(12)18/h4-5,7-8H,6,9-11H2,1-3H3,(H,20,21)/t17-/m1/s1. The van der Waals surface area contributed by atoms with E-state index in [2.05, 4.69) is 0 Å². The van der Waals surface area contributed by atoms with E-state index in [1.807, 2.05) is 0 Å². The van der Waals surface area contributed by atoms with Gasteiger partial charge in [-0.3, -0.25) is 4.90 Å². The molecule has 1 aromatic rings. The van der Waals surface area contributed by atoms with Gasteiger partial charge in [-0.15, -0.1) is 0 Å². The van der Waals surface area contributed by atoms with Crippen LogP contribution in [0.1, 0.15) is 39.2 Å². The molecule has 1 amide bonds. The molecule has 1 fully saturated rings. The lowest BCUT2D eigenvalue weighted by atomic mass is 9.88. The lowest BCUT2D eigenvalue weighted by molar-refractivity contribution is -0.149. The van der Waals surface area contributed by atoms with Crippen molar-refractivity contribution in [3.8, 4) is 0 Å². The van der Waals surface area contributed by atoms with Crippen molar-refractivity contribution in [1.82, 2.24) is 4.90 Å². The van der Waals surface area contributed by atoms with Crippen molar-refractivity contribution in [3.63, 3.8) is 0 Å². The summed E-state index contributed by atoms with van der Waals surface area (Å²) in [4.78, 5) is 25.6. The summed E-state index contributed by atoms with van der Waals surface area (Å²) in [6, 6.07) is 6.04. The maximum atomic E-state index is 13.9. The van der Waals surface area contributed by atoms with Crippen LogP contribution in [0, 0.1) is 5.82 Å². The molecule has 1 heterocycles. The first-order valence-corrected chi connectivity index (χ1v) is 7.63. The third kappa shape index (κ3) is 3.63. The Balaban J connectivity index is 2.33. The second-order valence-corrected chi connectivity index (χ2v) is 6.84. The quantitative estimate of drug-likeness (QED) is 0.927. The number of likely N-dealkylation sites (tertiary alicyclic amines) is 1. The molecule has 0 saturated carbocycles. The van der Waals surface area contributed by atoms with Crippen molar-refractivity contribution in [2.75, 3.05) is 6.54 Å². The number of amides is 1. The van der Waals surface area contributed by atoms with Crippen molar-refractivity contribution >= 4 is 12.1 Å². The maximum Gasteiger partial charge on any atom is 0.411 e. The Morgan fingerprint density at radius 1 is 1.35 bits per heavy atom. The van der Waals surface area contributed by atoms with E-state index in [0.717, 1.165) is 0 Å². The van der Waals surface area contributed by atoms with Crippen molar-refractivity contribution in [2.45, 2.75) is 51.2 Å². The predicted molar refractivity (Wildman–Crippen MR) is 82.6 cm³/mol. The molecular weight excluding hydrogens is 301 g/mol. The van der Waals surface area contributed by atoms with Crippen LogP contribution in [-0.4, -0.2) is 39.8 Å². The highest BCUT2D eigenvalue weighted by molar-refractivity contribution is 5.85. The Hall–Kier alpha value is -2.11. The Morgan fingerprint density at radius 3 is 2.57 bits per heavy atom. The van der Waals surface area contributed by atoms with Gasteiger partial charge in [0.25, 0.3) is 0 Å². The summed E-state index contributed by atoms with van der Waals surface area (Å²) in [5, 5.41) is 9.76. The number of benzene rings is 1. The van der Waals surface area contributed by atoms with Gasteiger partial charge in [0.1, 0.15) is 17.0 Å².